The van der Waals surface area contributed by atoms with Gasteiger partial charge in [-0.1, -0.05) is 6.92 Å². The second-order valence-corrected chi connectivity index (χ2v) is 5.20. The fourth-order valence-corrected chi connectivity index (χ4v) is 2.71. The number of hydrogen-bond donors (Lipinski definition) is 1. The fourth-order valence-electron chi connectivity index (χ4n) is 2.71. The summed E-state index contributed by atoms with van der Waals surface area (Å²) in [4.78, 5) is 27.2. The Kier molecular flexibility index (Phi) is 4.76. The van der Waals surface area contributed by atoms with Gasteiger partial charge in [0.05, 0.1) is 0 Å². The van der Waals surface area contributed by atoms with E-state index in [4.69, 9.17) is 9.84 Å². The highest BCUT2D eigenvalue weighted by molar-refractivity contribution is 5.82. The van der Waals surface area contributed by atoms with Crippen molar-refractivity contribution in [1.82, 2.24) is 9.80 Å². The van der Waals surface area contributed by atoms with Crippen molar-refractivity contribution in [2.24, 2.45) is 0 Å². The molecule has 0 unspecified atom stereocenters. The number of carboxylic acid groups (broad SMARTS) is 1. The second-order valence-electron chi connectivity index (χ2n) is 5.20. The van der Waals surface area contributed by atoms with Crippen molar-refractivity contribution < 1.29 is 19.4 Å². The summed E-state index contributed by atoms with van der Waals surface area (Å²) in [6.45, 7) is 6.45. The first-order valence-corrected chi connectivity index (χ1v) is 7.01. The monoisotopic (exact) mass is 270 g/mol. The number of carboxylic acids is 1. The number of ether oxygens (including phenoxy) is 1. The molecule has 0 aromatic heterocycles. The number of carbonyl (C=O) groups excluding carboxylic acids is 1. The minimum atomic E-state index is -0.969. The molecule has 2 atom stereocenters. The Morgan fingerprint density at radius 1 is 1.16 bits per heavy atom. The molecule has 1 N–H and O–H groups in total. The SMILES string of the molecule is CCCN1CCN(C(=O)[C@@H]2CC[C@H](C(=O)O)O2)CC1. The Morgan fingerprint density at radius 2 is 1.79 bits per heavy atom. The average Bonchev–Trinajstić information content (AvgIpc) is 2.89. The van der Waals surface area contributed by atoms with Crippen molar-refractivity contribution >= 4 is 11.9 Å². The molecule has 2 heterocycles. The van der Waals surface area contributed by atoms with Crippen LogP contribution in [0.2, 0.25) is 0 Å². The minimum absolute atomic E-state index is 0.0418. The van der Waals surface area contributed by atoms with Gasteiger partial charge in [-0.3, -0.25) is 9.69 Å². The zero-order valence-electron chi connectivity index (χ0n) is 11.4. The molecular weight excluding hydrogens is 248 g/mol. The van der Waals surface area contributed by atoms with Crippen LogP contribution in [0.25, 0.3) is 0 Å². The molecule has 0 aromatic rings. The number of amides is 1. The molecule has 6 nitrogen and oxygen atoms in total. The molecule has 108 valence electrons. The molecule has 6 heteroatoms. The van der Waals surface area contributed by atoms with Gasteiger partial charge in [-0.05, 0) is 25.8 Å². The van der Waals surface area contributed by atoms with Gasteiger partial charge in [0.15, 0.2) is 6.10 Å². The number of nitrogens with zero attached hydrogens (tertiary/aromatic N) is 2. The van der Waals surface area contributed by atoms with Gasteiger partial charge in [0.2, 0.25) is 0 Å². The van der Waals surface area contributed by atoms with Gasteiger partial charge in [0.1, 0.15) is 6.10 Å². The maximum absolute atomic E-state index is 12.2. The number of aliphatic carboxylic acids is 1. The molecule has 0 bridgehead atoms. The van der Waals surface area contributed by atoms with Crippen LogP contribution in [-0.2, 0) is 14.3 Å². The van der Waals surface area contributed by atoms with Crippen LogP contribution in [0.5, 0.6) is 0 Å². The van der Waals surface area contributed by atoms with E-state index >= 15 is 0 Å². The third kappa shape index (κ3) is 3.45. The Hall–Kier alpha value is -1.14. The number of hydrogen-bond acceptors (Lipinski definition) is 4. The minimum Gasteiger partial charge on any atom is -0.479 e. The molecule has 2 fully saturated rings. The third-order valence-electron chi connectivity index (χ3n) is 3.79. The van der Waals surface area contributed by atoms with Crippen LogP contribution in [0.15, 0.2) is 0 Å². The molecular formula is C13H22N2O4. The van der Waals surface area contributed by atoms with E-state index in [9.17, 15) is 9.59 Å². The molecule has 1 amide bonds. The molecule has 0 saturated carbocycles. The smallest absolute Gasteiger partial charge is 0.332 e. The van der Waals surface area contributed by atoms with Gasteiger partial charge in [-0.2, -0.15) is 0 Å². The summed E-state index contributed by atoms with van der Waals surface area (Å²) in [6, 6.07) is 0. The lowest BCUT2D eigenvalue weighted by atomic mass is 10.1. The van der Waals surface area contributed by atoms with E-state index in [1.54, 1.807) is 4.90 Å². The van der Waals surface area contributed by atoms with Gasteiger partial charge in [0, 0.05) is 26.2 Å². The average molecular weight is 270 g/mol. The zero-order valence-corrected chi connectivity index (χ0v) is 11.4. The lowest BCUT2D eigenvalue weighted by Gasteiger charge is -2.35. The van der Waals surface area contributed by atoms with Gasteiger partial charge in [-0.15, -0.1) is 0 Å². The molecule has 0 radical (unpaired) electrons. The molecule has 0 aromatic carbocycles. The number of piperazine rings is 1. The summed E-state index contributed by atoms with van der Waals surface area (Å²) < 4.78 is 5.31. The van der Waals surface area contributed by atoms with Crippen LogP contribution in [0.1, 0.15) is 26.2 Å². The number of rotatable bonds is 4. The predicted molar refractivity (Wildman–Crippen MR) is 68.8 cm³/mol. The maximum atomic E-state index is 12.2. The van der Waals surface area contributed by atoms with Crippen LogP contribution >= 0.6 is 0 Å². The van der Waals surface area contributed by atoms with Crippen molar-refractivity contribution in [3.8, 4) is 0 Å². The van der Waals surface area contributed by atoms with Crippen LogP contribution in [0, 0.1) is 0 Å². The van der Waals surface area contributed by atoms with Gasteiger partial charge in [-0.25, -0.2) is 4.79 Å². The molecule has 0 aliphatic carbocycles. The number of carbonyl (C=O) groups is 2. The Labute approximate surface area is 113 Å². The lowest BCUT2D eigenvalue weighted by molar-refractivity contribution is -0.155. The van der Waals surface area contributed by atoms with Gasteiger partial charge < -0.3 is 14.7 Å². The lowest BCUT2D eigenvalue weighted by Crippen LogP contribution is -2.51. The summed E-state index contributed by atoms with van der Waals surface area (Å²) in [6.07, 6.45) is 0.709. The highest BCUT2D eigenvalue weighted by Crippen LogP contribution is 2.22. The zero-order chi connectivity index (χ0) is 13.8. The van der Waals surface area contributed by atoms with E-state index in [2.05, 4.69) is 11.8 Å². The topological polar surface area (TPSA) is 70.1 Å². The highest BCUT2D eigenvalue weighted by atomic mass is 16.5. The van der Waals surface area contributed by atoms with E-state index in [1.807, 2.05) is 0 Å². The van der Waals surface area contributed by atoms with Crippen molar-refractivity contribution in [1.29, 1.82) is 0 Å². The van der Waals surface area contributed by atoms with Crippen molar-refractivity contribution in [2.45, 2.75) is 38.4 Å². The van der Waals surface area contributed by atoms with Crippen molar-refractivity contribution in [3.05, 3.63) is 0 Å². The van der Waals surface area contributed by atoms with Crippen LogP contribution in [0.4, 0.5) is 0 Å². The maximum Gasteiger partial charge on any atom is 0.332 e. The first-order valence-electron chi connectivity index (χ1n) is 7.01. The Bertz CT molecular complexity index is 340. The van der Waals surface area contributed by atoms with Gasteiger partial charge in [0.25, 0.3) is 5.91 Å². The molecule has 2 rings (SSSR count). The van der Waals surface area contributed by atoms with Crippen LogP contribution < -0.4 is 0 Å². The normalized spacial score (nSPS) is 28.6. The summed E-state index contributed by atoms with van der Waals surface area (Å²) in [5.41, 5.74) is 0. The molecule has 2 aliphatic rings. The van der Waals surface area contributed by atoms with E-state index in [1.165, 1.54) is 0 Å². The Morgan fingerprint density at radius 3 is 2.32 bits per heavy atom. The summed E-state index contributed by atoms with van der Waals surface area (Å²) in [7, 11) is 0. The quantitative estimate of drug-likeness (QED) is 0.788. The van der Waals surface area contributed by atoms with Crippen molar-refractivity contribution in [2.75, 3.05) is 32.7 Å². The Balaban J connectivity index is 1.80. The summed E-state index contributed by atoms with van der Waals surface area (Å²) in [5, 5.41) is 8.86. The van der Waals surface area contributed by atoms with E-state index in [0.29, 0.717) is 12.8 Å². The predicted octanol–water partition coefficient (Wildman–Crippen LogP) is 0.173. The molecule has 0 spiro atoms. The van der Waals surface area contributed by atoms with E-state index < -0.39 is 18.2 Å². The fraction of sp³-hybridized carbons (Fsp3) is 0.846. The first-order chi connectivity index (χ1) is 9.11. The second kappa shape index (κ2) is 6.34. The van der Waals surface area contributed by atoms with E-state index in [0.717, 1.165) is 39.1 Å². The largest absolute Gasteiger partial charge is 0.479 e. The third-order valence-corrected chi connectivity index (χ3v) is 3.79. The standard InChI is InChI=1S/C13H22N2O4/c1-2-5-14-6-8-15(9-7-14)12(16)10-3-4-11(19-10)13(17)18/h10-11H,2-9H2,1H3,(H,17,18)/t10-,11+/m0/s1. The van der Waals surface area contributed by atoms with Crippen LogP contribution in [0.3, 0.4) is 0 Å². The highest BCUT2D eigenvalue weighted by Gasteiger charge is 2.37. The van der Waals surface area contributed by atoms with Crippen LogP contribution in [-0.4, -0.2) is 71.7 Å². The van der Waals surface area contributed by atoms with E-state index in [-0.39, 0.29) is 5.91 Å². The van der Waals surface area contributed by atoms with Crippen molar-refractivity contribution in [3.63, 3.8) is 0 Å². The molecule has 19 heavy (non-hydrogen) atoms. The molecule has 2 aliphatic heterocycles. The summed E-state index contributed by atoms with van der Waals surface area (Å²) >= 11 is 0. The first kappa shape index (κ1) is 14.3. The van der Waals surface area contributed by atoms with Gasteiger partial charge >= 0.3 is 5.97 Å². The molecule has 2 saturated heterocycles. The summed E-state index contributed by atoms with van der Waals surface area (Å²) in [5.74, 6) is -1.01.